The largest absolute Gasteiger partial charge is 0.418 e. The summed E-state index contributed by atoms with van der Waals surface area (Å²) >= 11 is 0. The zero-order valence-corrected chi connectivity index (χ0v) is 13.2. The molecule has 18 heavy (non-hydrogen) atoms. The van der Waals surface area contributed by atoms with Crippen LogP contribution in [0.15, 0.2) is 35.2 Å². The molecule has 0 atom stereocenters. The van der Waals surface area contributed by atoms with Crippen molar-refractivity contribution in [2.75, 3.05) is 12.4 Å². The Balaban J connectivity index is 2.54. The smallest absolute Gasteiger partial charge is 0.186 e. The zero-order chi connectivity index (χ0) is 13.6. The maximum absolute atomic E-state index is 12.1. The van der Waals surface area contributed by atoms with Crippen LogP contribution in [0.25, 0.3) is 0 Å². The summed E-state index contributed by atoms with van der Waals surface area (Å²) in [5, 5.41) is 0. The van der Waals surface area contributed by atoms with Gasteiger partial charge in [0.1, 0.15) is 0 Å². The highest BCUT2D eigenvalue weighted by atomic mass is 32.2. The van der Waals surface area contributed by atoms with Crippen LogP contribution in [0.5, 0.6) is 0 Å². The van der Waals surface area contributed by atoms with Crippen LogP contribution in [0.4, 0.5) is 0 Å². The van der Waals surface area contributed by atoms with Crippen molar-refractivity contribution in [3.8, 4) is 0 Å². The summed E-state index contributed by atoms with van der Waals surface area (Å²) in [6, 6.07) is 9.52. The summed E-state index contributed by atoms with van der Waals surface area (Å²) in [4.78, 5) is 0.417. The van der Waals surface area contributed by atoms with Crippen LogP contribution in [0.3, 0.4) is 0 Å². The number of hydrogen-bond donors (Lipinski definition) is 0. The van der Waals surface area contributed by atoms with E-state index >= 15 is 0 Å². The molecule has 0 spiro atoms. The van der Waals surface area contributed by atoms with Crippen LogP contribution >= 0.6 is 0 Å². The fraction of sp³-hybridized carbons (Fsp3) is 0.538. The molecule has 0 fully saturated rings. The van der Waals surface area contributed by atoms with Crippen LogP contribution in [0.2, 0.25) is 19.1 Å². The molecule has 5 heteroatoms. The number of rotatable bonds is 7. The molecule has 0 radical (unpaired) electrons. The van der Waals surface area contributed by atoms with Gasteiger partial charge in [0.2, 0.25) is 0 Å². The Morgan fingerprint density at radius 3 is 2.33 bits per heavy atom. The van der Waals surface area contributed by atoms with Gasteiger partial charge in [0.05, 0.1) is 10.6 Å². The van der Waals surface area contributed by atoms with Gasteiger partial charge in [-0.15, -0.1) is 0 Å². The highest BCUT2D eigenvalue weighted by Crippen LogP contribution is 2.17. The first-order chi connectivity index (χ1) is 8.37. The van der Waals surface area contributed by atoms with E-state index in [2.05, 4.69) is 13.1 Å². The fourth-order valence-corrected chi connectivity index (χ4v) is 5.44. The van der Waals surface area contributed by atoms with Gasteiger partial charge >= 0.3 is 0 Å². The van der Waals surface area contributed by atoms with E-state index in [1.165, 1.54) is 0 Å². The van der Waals surface area contributed by atoms with E-state index in [9.17, 15) is 8.42 Å². The van der Waals surface area contributed by atoms with Gasteiger partial charge in [0.15, 0.2) is 18.2 Å². The molecule has 0 N–H and O–H groups in total. The number of benzene rings is 1. The normalized spacial score (nSPS) is 12.6. The molecule has 0 unspecified atom stereocenters. The molecule has 0 aliphatic heterocycles. The van der Waals surface area contributed by atoms with Crippen molar-refractivity contribution in [1.29, 1.82) is 0 Å². The first-order valence-electron chi connectivity index (χ1n) is 6.29. The summed E-state index contributed by atoms with van der Waals surface area (Å²) in [5.41, 5.74) is 0. The van der Waals surface area contributed by atoms with E-state index in [1.54, 1.807) is 24.3 Å². The van der Waals surface area contributed by atoms with Crippen LogP contribution in [-0.2, 0) is 14.3 Å². The predicted molar refractivity (Wildman–Crippen MR) is 77.0 cm³/mol. The number of sulfone groups is 1. The molecule has 0 amide bonds. The van der Waals surface area contributed by atoms with Gasteiger partial charge in [-0.2, -0.15) is 0 Å². The Morgan fingerprint density at radius 1 is 1.17 bits per heavy atom. The topological polar surface area (TPSA) is 43.4 Å². The third-order valence-corrected chi connectivity index (χ3v) is 7.27. The monoisotopic (exact) mass is 286 g/mol. The first kappa shape index (κ1) is 15.4. The SMILES string of the molecule is CCO[Si](C)(C)CCCS(=O)(=O)c1ccccc1. The van der Waals surface area contributed by atoms with E-state index in [0.717, 1.165) is 6.04 Å². The maximum atomic E-state index is 12.1. The maximum Gasteiger partial charge on any atom is 0.186 e. The Hall–Kier alpha value is -0.653. The Bertz CT molecular complexity index is 454. The highest BCUT2D eigenvalue weighted by Gasteiger charge is 2.23. The average Bonchev–Trinajstić information content (AvgIpc) is 2.29. The molecule has 0 aliphatic carbocycles. The minimum atomic E-state index is -3.13. The number of hydrogen-bond acceptors (Lipinski definition) is 3. The second kappa shape index (κ2) is 6.50. The predicted octanol–water partition coefficient (Wildman–Crippen LogP) is 3.09. The molecule has 0 saturated carbocycles. The van der Waals surface area contributed by atoms with Crippen LogP contribution < -0.4 is 0 Å². The summed E-state index contributed by atoms with van der Waals surface area (Å²) in [6.45, 7) is 6.96. The molecule has 0 saturated heterocycles. The lowest BCUT2D eigenvalue weighted by Gasteiger charge is -2.21. The summed E-state index contributed by atoms with van der Waals surface area (Å²) in [5.74, 6) is 0.209. The Kier molecular flexibility index (Phi) is 5.56. The molecule has 1 aromatic rings. The third-order valence-electron chi connectivity index (χ3n) is 2.83. The summed E-state index contributed by atoms with van der Waals surface area (Å²) in [6.07, 6.45) is 0.677. The molecule has 0 heterocycles. The lowest BCUT2D eigenvalue weighted by Crippen LogP contribution is -2.30. The fourth-order valence-electron chi connectivity index (χ4n) is 1.90. The van der Waals surface area contributed by atoms with E-state index in [4.69, 9.17) is 4.43 Å². The Morgan fingerprint density at radius 2 is 1.78 bits per heavy atom. The van der Waals surface area contributed by atoms with E-state index in [0.29, 0.717) is 17.9 Å². The van der Waals surface area contributed by atoms with E-state index in [1.807, 2.05) is 13.0 Å². The quantitative estimate of drug-likeness (QED) is 0.723. The zero-order valence-electron chi connectivity index (χ0n) is 11.3. The molecular formula is C13H22O3SSi. The molecule has 1 aromatic carbocycles. The van der Waals surface area contributed by atoms with Crippen molar-refractivity contribution < 1.29 is 12.8 Å². The molecule has 0 aliphatic rings. The lowest BCUT2D eigenvalue weighted by molar-refractivity contribution is 0.328. The van der Waals surface area contributed by atoms with Gasteiger partial charge < -0.3 is 4.43 Å². The standard InChI is InChI=1S/C13H22O3SSi/c1-4-16-18(2,3)12-8-11-17(14,15)13-9-6-5-7-10-13/h5-7,9-10H,4,8,11-12H2,1-3H3. The van der Waals surface area contributed by atoms with Crippen molar-refractivity contribution in [2.24, 2.45) is 0 Å². The van der Waals surface area contributed by atoms with Crippen molar-refractivity contribution >= 4 is 18.2 Å². The van der Waals surface area contributed by atoms with Gasteiger partial charge in [-0.3, -0.25) is 0 Å². The van der Waals surface area contributed by atoms with Crippen molar-refractivity contribution in [3.05, 3.63) is 30.3 Å². The van der Waals surface area contributed by atoms with Crippen LogP contribution in [0, 0.1) is 0 Å². The molecule has 102 valence electrons. The van der Waals surface area contributed by atoms with E-state index < -0.39 is 18.2 Å². The van der Waals surface area contributed by atoms with Gasteiger partial charge in [0.25, 0.3) is 0 Å². The second-order valence-corrected chi connectivity index (χ2v) is 11.3. The van der Waals surface area contributed by atoms with E-state index in [-0.39, 0.29) is 5.75 Å². The Labute approximate surface area is 111 Å². The minimum Gasteiger partial charge on any atom is -0.418 e. The molecule has 3 nitrogen and oxygen atoms in total. The first-order valence-corrected chi connectivity index (χ1v) is 11.1. The highest BCUT2D eigenvalue weighted by molar-refractivity contribution is 7.91. The van der Waals surface area contributed by atoms with Crippen molar-refractivity contribution in [1.82, 2.24) is 0 Å². The van der Waals surface area contributed by atoms with Crippen LogP contribution in [0.1, 0.15) is 13.3 Å². The third kappa shape index (κ3) is 4.92. The van der Waals surface area contributed by atoms with Gasteiger partial charge in [-0.05, 0) is 44.6 Å². The lowest BCUT2D eigenvalue weighted by atomic mass is 10.4. The van der Waals surface area contributed by atoms with Gasteiger partial charge in [-0.1, -0.05) is 18.2 Å². The minimum absolute atomic E-state index is 0.209. The van der Waals surface area contributed by atoms with Crippen molar-refractivity contribution in [2.45, 2.75) is 37.4 Å². The van der Waals surface area contributed by atoms with Crippen LogP contribution in [-0.4, -0.2) is 29.1 Å². The molecule has 0 aromatic heterocycles. The molecule has 1 rings (SSSR count). The molecule has 0 bridgehead atoms. The average molecular weight is 286 g/mol. The van der Waals surface area contributed by atoms with Gasteiger partial charge in [0, 0.05) is 6.61 Å². The summed E-state index contributed by atoms with van der Waals surface area (Å²) < 4.78 is 29.8. The second-order valence-electron chi connectivity index (χ2n) is 4.93. The van der Waals surface area contributed by atoms with Gasteiger partial charge in [-0.25, -0.2) is 8.42 Å². The van der Waals surface area contributed by atoms with Crippen molar-refractivity contribution in [3.63, 3.8) is 0 Å². The molecular weight excluding hydrogens is 264 g/mol. The summed E-state index contributed by atoms with van der Waals surface area (Å²) in [7, 11) is -4.80.